The van der Waals surface area contributed by atoms with Crippen LogP contribution in [0.2, 0.25) is 5.02 Å². The van der Waals surface area contributed by atoms with E-state index in [2.05, 4.69) is 4.98 Å². The summed E-state index contributed by atoms with van der Waals surface area (Å²) in [4.78, 5) is 4.07. The van der Waals surface area contributed by atoms with E-state index in [4.69, 9.17) is 11.6 Å². The van der Waals surface area contributed by atoms with Gasteiger partial charge in [-0.05, 0) is 19.1 Å². The van der Waals surface area contributed by atoms with Crippen LogP contribution in [0.1, 0.15) is 12.4 Å². The molecule has 2 rings (SSSR count). The smallest absolute Gasteiger partial charge is 0.277 e. The minimum atomic E-state index is -2.56. The third kappa shape index (κ3) is 2.07. The number of benzene rings is 1. The van der Waals surface area contributed by atoms with E-state index in [0.717, 1.165) is 10.1 Å². The molecule has 0 N–H and O–H groups in total. The summed E-state index contributed by atoms with van der Waals surface area (Å²) in [5.74, 6) is 0.292. The highest BCUT2D eigenvalue weighted by molar-refractivity contribution is 6.30. The molecule has 5 heteroatoms. The lowest BCUT2D eigenvalue weighted by Gasteiger charge is -2.00. The second-order valence-electron chi connectivity index (χ2n) is 3.37. The third-order valence-electron chi connectivity index (χ3n) is 2.27. The van der Waals surface area contributed by atoms with Crippen molar-refractivity contribution in [1.29, 1.82) is 0 Å². The van der Waals surface area contributed by atoms with E-state index in [-0.39, 0.29) is 0 Å². The van der Waals surface area contributed by atoms with Crippen molar-refractivity contribution in [3.05, 3.63) is 41.3 Å². The molecule has 0 saturated carbocycles. The van der Waals surface area contributed by atoms with Crippen LogP contribution in [0.25, 0.3) is 11.3 Å². The molecule has 1 aromatic heterocycles. The Morgan fingerprint density at radius 3 is 2.38 bits per heavy atom. The standard InChI is InChI=1S/C11H9ClF2N2/c1-7-15-10(6-16(7)11(13)14)8-2-4-9(12)5-3-8/h2-6,11H,1H3. The molecule has 0 amide bonds. The van der Waals surface area contributed by atoms with E-state index in [0.29, 0.717) is 16.5 Å². The first kappa shape index (κ1) is 11.1. The maximum Gasteiger partial charge on any atom is 0.319 e. The Morgan fingerprint density at radius 2 is 1.88 bits per heavy atom. The summed E-state index contributed by atoms with van der Waals surface area (Å²) < 4.78 is 25.9. The van der Waals surface area contributed by atoms with Crippen molar-refractivity contribution in [3.63, 3.8) is 0 Å². The van der Waals surface area contributed by atoms with Gasteiger partial charge in [-0.3, -0.25) is 4.57 Å². The highest BCUT2D eigenvalue weighted by Crippen LogP contribution is 2.23. The number of alkyl halides is 2. The summed E-state index contributed by atoms with van der Waals surface area (Å²) in [6, 6.07) is 6.90. The molecule has 0 unspecified atom stereocenters. The van der Waals surface area contributed by atoms with Crippen molar-refractivity contribution >= 4 is 11.6 Å². The van der Waals surface area contributed by atoms with Crippen LogP contribution in [0.4, 0.5) is 8.78 Å². The van der Waals surface area contributed by atoms with Gasteiger partial charge in [-0.1, -0.05) is 23.7 Å². The summed E-state index contributed by atoms with van der Waals surface area (Å²) in [7, 11) is 0. The van der Waals surface area contributed by atoms with Crippen LogP contribution in [0, 0.1) is 6.92 Å². The zero-order chi connectivity index (χ0) is 11.7. The van der Waals surface area contributed by atoms with E-state index < -0.39 is 6.55 Å². The molecule has 0 aliphatic rings. The molecule has 0 saturated heterocycles. The zero-order valence-electron chi connectivity index (χ0n) is 8.49. The normalized spacial score (nSPS) is 11.1. The Balaban J connectivity index is 2.41. The average Bonchev–Trinajstić information content (AvgIpc) is 2.61. The van der Waals surface area contributed by atoms with Gasteiger partial charge >= 0.3 is 6.55 Å². The molecular weight excluding hydrogens is 234 g/mol. The van der Waals surface area contributed by atoms with Crippen LogP contribution in [0.5, 0.6) is 0 Å². The summed E-state index contributed by atoms with van der Waals surface area (Å²) in [6.07, 6.45) is 1.34. The molecule has 0 fully saturated rings. The fourth-order valence-electron chi connectivity index (χ4n) is 1.44. The Bertz CT molecular complexity index is 491. The predicted molar refractivity (Wildman–Crippen MR) is 58.7 cm³/mol. The fraction of sp³-hybridized carbons (Fsp3) is 0.182. The largest absolute Gasteiger partial charge is 0.319 e. The van der Waals surface area contributed by atoms with Crippen molar-refractivity contribution in [2.45, 2.75) is 13.5 Å². The minimum Gasteiger partial charge on any atom is -0.277 e. The maximum atomic E-state index is 12.5. The molecule has 84 valence electrons. The van der Waals surface area contributed by atoms with Gasteiger partial charge in [0.1, 0.15) is 5.82 Å². The highest BCUT2D eigenvalue weighted by atomic mass is 35.5. The third-order valence-corrected chi connectivity index (χ3v) is 2.52. The summed E-state index contributed by atoms with van der Waals surface area (Å²) in [5.41, 5.74) is 1.29. The Morgan fingerprint density at radius 1 is 1.25 bits per heavy atom. The molecule has 0 atom stereocenters. The topological polar surface area (TPSA) is 17.8 Å². The number of nitrogens with zero attached hydrogens (tertiary/aromatic N) is 2. The first-order chi connectivity index (χ1) is 7.58. The van der Waals surface area contributed by atoms with Gasteiger partial charge in [-0.25, -0.2) is 4.98 Å². The summed E-state index contributed by atoms with van der Waals surface area (Å²) in [6.45, 7) is -1.01. The van der Waals surface area contributed by atoms with Gasteiger partial charge in [-0.15, -0.1) is 0 Å². The first-order valence-corrected chi connectivity index (χ1v) is 5.05. The van der Waals surface area contributed by atoms with Crippen LogP contribution in [-0.4, -0.2) is 9.55 Å². The van der Waals surface area contributed by atoms with Crippen LogP contribution >= 0.6 is 11.6 Å². The molecule has 0 aliphatic carbocycles. The second kappa shape index (κ2) is 4.22. The minimum absolute atomic E-state index is 0.292. The van der Waals surface area contributed by atoms with Gasteiger partial charge in [0, 0.05) is 16.8 Å². The van der Waals surface area contributed by atoms with Gasteiger partial charge in [0.25, 0.3) is 0 Å². The van der Waals surface area contributed by atoms with E-state index in [9.17, 15) is 8.78 Å². The van der Waals surface area contributed by atoms with E-state index >= 15 is 0 Å². The van der Waals surface area contributed by atoms with Crippen molar-refractivity contribution in [2.24, 2.45) is 0 Å². The van der Waals surface area contributed by atoms with Crippen molar-refractivity contribution in [2.75, 3.05) is 0 Å². The maximum absolute atomic E-state index is 12.5. The zero-order valence-corrected chi connectivity index (χ0v) is 9.25. The van der Waals surface area contributed by atoms with Gasteiger partial charge in [0.15, 0.2) is 0 Å². The molecule has 0 bridgehead atoms. The number of aryl methyl sites for hydroxylation is 1. The molecule has 1 aromatic carbocycles. The van der Waals surface area contributed by atoms with Gasteiger partial charge in [0.2, 0.25) is 0 Å². The van der Waals surface area contributed by atoms with Crippen LogP contribution < -0.4 is 0 Å². The monoisotopic (exact) mass is 242 g/mol. The lowest BCUT2D eigenvalue weighted by molar-refractivity contribution is 0.0680. The molecule has 2 nitrogen and oxygen atoms in total. The van der Waals surface area contributed by atoms with E-state index in [1.807, 2.05) is 0 Å². The lowest BCUT2D eigenvalue weighted by Crippen LogP contribution is -1.98. The van der Waals surface area contributed by atoms with E-state index in [1.165, 1.54) is 6.20 Å². The van der Waals surface area contributed by atoms with Gasteiger partial charge in [0.05, 0.1) is 5.69 Å². The van der Waals surface area contributed by atoms with Crippen LogP contribution in [0.3, 0.4) is 0 Å². The average molecular weight is 243 g/mol. The predicted octanol–water partition coefficient (Wildman–Crippen LogP) is 3.91. The lowest BCUT2D eigenvalue weighted by atomic mass is 10.2. The van der Waals surface area contributed by atoms with Crippen molar-refractivity contribution in [1.82, 2.24) is 9.55 Å². The molecule has 16 heavy (non-hydrogen) atoms. The number of rotatable bonds is 2. The van der Waals surface area contributed by atoms with E-state index in [1.54, 1.807) is 31.2 Å². The Labute approximate surface area is 96.5 Å². The van der Waals surface area contributed by atoms with Crippen LogP contribution in [-0.2, 0) is 0 Å². The van der Waals surface area contributed by atoms with Crippen LogP contribution in [0.15, 0.2) is 30.5 Å². The Kier molecular flexibility index (Phi) is 2.92. The van der Waals surface area contributed by atoms with Gasteiger partial charge in [-0.2, -0.15) is 8.78 Å². The summed E-state index contributed by atoms with van der Waals surface area (Å²) in [5, 5.41) is 0.605. The molecule has 1 heterocycles. The quantitative estimate of drug-likeness (QED) is 0.781. The second-order valence-corrected chi connectivity index (χ2v) is 3.80. The molecule has 0 aliphatic heterocycles. The van der Waals surface area contributed by atoms with Crippen molar-refractivity contribution < 1.29 is 8.78 Å². The first-order valence-electron chi connectivity index (χ1n) is 4.67. The number of halogens is 3. The molecular formula is C11H9ClF2N2. The SMILES string of the molecule is Cc1nc(-c2ccc(Cl)cc2)cn1C(F)F. The molecule has 0 spiro atoms. The number of aromatic nitrogens is 2. The molecule has 2 aromatic rings. The fourth-order valence-corrected chi connectivity index (χ4v) is 1.57. The van der Waals surface area contributed by atoms with Crippen molar-refractivity contribution in [3.8, 4) is 11.3 Å². The Hall–Kier alpha value is -1.42. The molecule has 0 radical (unpaired) electrons. The number of hydrogen-bond acceptors (Lipinski definition) is 1. The van der Waals surface area contributed by atoms with Gasteiger partial charge < -0.3 is 0 Å². The number of imidazole rings is 1. The highest BCUT2D eigenvalue weighted by Gasteiger charge is 2.12. The number of hydrogen-bond donors (Lipinski definition) is 0. The summed E-state index contributed by atoms with van der Waals surface area (Å²) >= 11 is 5.74.